The average molecular weight is 459 g/mol. The topological polar surface area (TPSA) is 67.9 Å². The van der Waals surface area contributed by atoms with Gasteiger partial charge in [-0.3, -0.25) is 14.5 Å². The van der Waals surface area contributed by atoms with Crippen molar-refractivity contribution in [2.45, 2.75) is 52.2 Å². The van der Waals surface area contributed by atoms with Crippen LogP contribution in [-0.4, -0.2) is 42.9 Å². The summed E-state index contributed by atoms with van der Waals surface area (Å²) in [6.07, 6.45) is 3.33. The summed E-state index contributed by atoms with van der Waals surface area (Å²) in [6.45, 7) is 7.50. The number of nitrogens with one attached hydrogen (secondary N) is 1. The largest absolute Gasteiger partial charge is 0.496 e. The summed E-state index contributed by atoms with van der Waals surface area (Å²) < 4.78 is 11.2. The predicted molar refractivity (Wildman–Crippen MR) is 128 cm³/mol. The van der Waals surface area contributed by atoms with Crippen LogP contribution in [0.4, 0.5) is 5.69 Å². The first-order valence-electron chi connectivity index (χ1n) is 10.9. The maximum Gasteiger partial charge on any atom is 0.259 e. The highest BCUT2D eigenvalue weighted by molar-refractivity contribution is 6.09. The van der Waals surface area contributed by atoms with E-state index < -0.39 is 0 Å². The van der Waals surface area contributed by atoms with E-state index in [0.29, 0.717) is 28.7 Å². The van der Waals surface area contributed by atoms with Crippen molar-refractivity contribution in [1.29, 1.82) is 0 Å². The number of nitrogens with zero attached hydrogens (tertiary/aromatic N) is 1. The first-order valence-corrected chi connectivity index (χ1v) is 10.9. The van der Waals surface area contributed by atoms with Crippen molar-refractivity contribution in [1.82, 2.24) is 4.90 Å². The van der Waals surface area contributed by atoms with E-state index in [9.17, 15) is 9.59 Å². The van der Waals surface area contributed by atoms with Crippen LogP contribution in [0.2, 0.25) is 0 Å². The monoisotopic (exact) mass is 458 g/mol. The maximum absolute atomic E-state index is 13.1. The molecular weight excluding hydrogens is 428 g/mol. The second kappa shape index (κ2) is 9.92. The molecule has 32 heavy (non-hydrogen) atoms. The number of benzene rings is 2. The molecule has 1 unspecified atom stereocenters. The van der Waals surface area contributed by atoms with E-state index in [-0.39, 0.29) is 30.2 Å². The second-order valence-electron chi connectivity index (χ2n) is 8.58. The summed E-state index contributed by atoms with van der Waals surface area (Å²) in [4.78, 5) is 27.9. The lowest BCUT2D eigenvalue weighted by Crippen LogP contribution is -2.31. The Balaban J connectivity index is 0.00000289. The Morgan fingerprint density at radius 1 is 1.09 bits per heavy atom. The van der Waals surface area contributed by atoms with Crippen LogP contribution in [0.1, 0.15) is 71.5 Å². The molecule has 6 nitrogen and oxygen atoms in total. The molecule has 1 fully saturated rings. The minimum atomic E-state index is -0.311. The highest BCUT2D eigenvalue weighted by Gasteiger charge is 2.31. The lowest BCUT2D eigenvalue weighted by molar-refractivity contribution is 0.101. The minimum Gasteiger partial charge on any atom is -0.496 e. The molecule has 2 aliphatic heterocycles. The molecule has 2 aromatic rings. The van der Waals surface area contributed by atoms with Crippen LogP contribution in [0.5, 0.6) is 11.5 Å². The SMILES string of the molecule is COc1cc(OC(C)C)c(C(C)=O)cc1C(=O)Nc1ccc2c(c1)C1CCCN1CC2.Cl. The van der Waals surface area contributed by atoms with Crippen LogP contribution < -0.4 is 14.8 Å². The van der Waals surface area contributed by atoms with E-state index >= 15 is 0 Å². The van der Waals surface area contributed by atoms with Crippen molar-refractivity contribution in [2.75, 3.05) is 25.5 Å². The van der Waals surface area contributed by atoms with Crippen LogP contribution in [0.15, 0.2) is 30.3 Å². The van der Waals surface area contributed by atoms with Gasteiger partial charge in [0.15, 0.2) is 5.78 Å². The Morgan fingerprint density at radius 3 is 2.56 bits per heavy atom. The lowest BCUT2D eigenvalue weighted by Gasteiger charge is -2.32. The van der Waals surface area contributed by atoms with Crippen LogP contribution in [0.3, 0.4) is 0 Å². The fourth-order valence-electron chi connectivity index (χ4n) is 4.65. The standard InChI is InChI=1S/C25H30N2O4.ClH/c1-15(2)31-24-14-23(30-4)21(13-19(24)16(3)28)25(29)26-18-8-7-17-9-11-27-10-5-6-22(27)20(17)12-18;/h7-8,12-15,22H,5-6,9-11H2,1-4H3,(H,26,29);1H. The summed E-state index contributed by atoms with van der Waals surface area (Å²) in [5.41, 5.74) is 4.12. The molecule has 1 N–H and O–H groups in total. The number of ketones is 1. The van der Waals surface area contributed by atoms with Crippen LogP contribution in [0.25, 0.3) is 0 Å². The third kappa shape index (κ3) is 4.76. The molecule has 0 bridgehead atoms. The normalized spacial score (nSPS) is 17.2. The van der Waals surface area contributed by atoms with Crippen molar-refractivity contribution in [3.8, 4) is 11.5 Å². The molecular formula is C25H31ClN2O4. The van der Waals surface area contributed by atoms with E-state index in [1.807, 2.05) is 19.9 Å². The van der Waals surface area contributed by atoms with Gasteiger partial charge in [0.05, 0.1) is 24.3 Å². The van der Waals surface area contributed by atoms with Gasteiger partial charge in [-0.1, -0.05) is 6.07 Å². The Hall–Kier alpha value is -2.57. The smallest absolute Gasteiger partial charge is 0.259 e. The zero-order valence-electron chi connectivity index (χ0n) is 19.1. The number of carbonyl (C=O) groups is 2. The van der Waals surface area contributed by atoms with E-state index in [1.165, 1.54) is 31.6 Å². The van der Waals surface area contributed by atoms with Gasteiger partial charge < -0.3 is 14.8 Å². The highest BCUT2D eigenvalue weighted by Crippen LogP contribution is 2.39. The number of anilines is 1. The number of hydrogen-bond acceptors (Lipinski definition) is 5. The van der Waals surface area contributed by atoms with Gasteiger partial charge in [0.2, 0.25) is 0 Å². The molecule has 1 atom stereocenters. The van der Waals surface area contributed by atoms with Gasteiger partial charge in [0.1, 0.15) is 11.5 Å². The molecule has 0 aromatic heterocycles. The highest BCUT2D eigenvalue weighted by atomic mass is 35.5. The summed E-state index contributed by atoms with van der Waals surface area (Å²) in [6, 6.07) is 9.81. The van der Waals surface area contributed by atoms with Crippen molar-refractivity contribution >= 4 is 29.8 Å². The number of Topliss-reactive ketones (excluding diaryl/α,β-unsaturated/α-hetero) is 1. The Bertz CT molecular complexity index is 1020. The van der Waals surface area contributed by atoms with Crippen LogP contribution in [0, 0.1) is 0 Å². The Labute approximate surface area is 195 Å². The number of methoxy groups -OCH3 is 1. The zero-order valence-corrected chi connectivity index (χ0v) is 19.9. The van der Waals surface area contributed by atoms with Crippen LogP contribution in [-0.2, 0) is 6.42 Å². The summed E-state index contributed by atoms with van der Waals surface area (Å²) in [5.74, 6) is 0.320. The lowest BCUT2D eigenvalue weighted by atomic mass is 9.92. The number of ether oxygens (including phenoxy) is 2. The van der Waals surface area contributed by atoms with Crippen LogP contribution >= 0.6 is 12.4 Å². The van der Waals surface area contributed by atoms with E-state index in [4.69, 9.17) is 9.47 Å². The molecule has 4 rings (SSSR count). The number of carbonyl (C=O) groups excluding carboxylic acids is 2. The number of halogens is 1. The third-order valence-electron chi connectivity index (χ3n) is 6.08. The molecule has 0 aliphatic carbocycles. The summed E-state index contributed by atoms with van der Waals surface area (Å²) in [5, 5.41) is 3.00. The number of rotatable bonds is 6. The van der Waals surface area contributed by atoms with Crippen molar-refractivity contribution in [3.05, 3.63) is 52.6 Å². The summed E-state index contributed by atoms with van der Waals surface area (Å²) in [7, 11) is 1.51. The molecule has 7 heteroatoms. The predicted octanol–water partition coefficient (Wildman–Crippen LogP) is 5.05. The molecule has 2 aromatic carbocycles. The molecule has 0 spiro atoms. The van der Waals surface area contributed by atoms with Gasteiger partial charge in [-0.2, -0.15) is 0 Å². The van der Waals surface area contributed by atoms with Crippen molar-refractivity contribution < 1.29 is 19.1 Å². The van der Waals surface area contributed by atoms with Gasteiger partial charge in [0.25, 0.3) is 5.91 Å². The fraction of sp³-hybridized carbons (Fsp3) is 0.440. The minimum absolute atomic E-state index is 0. The Morgan fingerprint density at radius 2 is 1.88 bits per heavy atom. The van der Waals surface area contributed by atoms with E-state index in [1.54, 1.807) is 12.1 Å². The van der Waals surface area contributed by atoms with E-state index in [0.717, 1.165) is 31.6 Å². The molecule has 0 saturated carbocycles. The second-order valence-corrected chi connectivity index (χ2v) is 8.58. The zero-order chi connectivity index (χ0) is 22.1. The fourth-order valence-corrected chi connectivity index (χ4v) is 4.65. The average Bonchev–Trinajstić information content (AvgIpc) is 3.22. The molecule has 2 aliphatic rings. The quantitative estimate of drug-likeness (QED) is 0.613. The van der Waals surface area contributed by atoms with E-state index in [2.05, 4.69) is 22.3 Å². The van der Waals surface area contributed by atoms with Gasteiger partial charge in [0, 0.05) is 24.3 Å². The first-order chi connectivity index (χ1) is 14.9. The van der Waals surface area contributed by atoms with Gasteiger partial charge in [-0.05, 0) is 75.9 Å². The summed E-state index contributed by atoms with van der Waals surface area (Å²) >= 11 is 0. The first kappa shape index (κ1) is 24.1. The third-order valence-corrected chi connectivity index (χ3v) is 6.08. The van der Waals surface area contributed by atoms with Crippen molar-refractivity contribution in [3.63, 3.8) is 0 Å². The molecule has 172 valence electrons. The van der Waals surface area contributed by atoms with Crippen molar-refractivity contribution in [2.24, 2.45) is 0 Å². The number of hydrogen-bond donors (Lipinski definition) is 1. The molecule has 0 radical (unpaired) electrons. The Kier molecular flexibility index (Phi) is 7.47. The van der Waals surface area contributed by atoms with Gasteiger partial charge in [-0.25, -0.2) is 0 Å². The van der Waals surface area contributed by atoms with Gasteiger partial charge >= 0.3 is 0 Å². The maximum atomic E-state index is 13.1. The number of amides is 1. The number of fused-ring (bicyclic) bond motifs is 3. The van der Waals surface area contributed by atoms with Gasteiger partial charge in [-0.15, -0.1) is 12.4 Å². The molecule has 1 amide bonds. The molecule has 2 heterocycles. The molecule has 1 saturated heterocycles.